The molecule has 21 heavy (non-hydrogen) atoms. The SMILES string of the molecule is CCC(N)C(CO)N1CCN(c2ccccc2OC)CC1. The Bertz CT molecular complexity index is 433. The van der Waals surface area contributed by atoms with Gasteiger partial charge in [0.2, 0.25) is 0 Å². The van der Waals surface area contributed by atoms with Crippen LogP contribution in [-0.2, 0) is 0 Å². The van der Waals surface area contributed by atoms with Gasteiger partial charge < -0.3 is 20.5 Å². The highest BCUT2D eigenvalue weighted by atomic mass is 16.5. The van der Waals surface area contributed by atoms with E-state index < -0.39 is 0 Å². The smallest absolute Gasteiger partial charge is 0.142 e. The Balaban J connectivity index is 1.99. The first kappa shape index (κ1) is 16.1. The monoisotopic (exact) mass is 293 g/mol. The van der Waals surface area contributed by atoms with Crippen molar-refractivity contribution in [2.45, 2.75) is 25.4 Å². The molecule has 1 aliphatic heterocycles. The Morgan fingerprint density at radius 1 is 1.24 bits per heavy atom. The van der Waals surface area contributed by atoms with Crippen molar-refractivity contribution in [1.82, 2.24) is 4.90 Å². The molecule has 0 radical (unpaired) electrons. The molecule has 1 saturated heterocycles. The van der Waals surface area contributed by atoms with E-state index in [1.165, 1.54) is 0 Å². The van der Waals surface area contributed by atoms with Gasteiger partial charge in [0.25, 0.3) is 0 Å². The molecule has 118 valence electrons. The number of aliphatic hydroxyl groups is 1. The van der Waals surface area contributed by atoms with Gasteiger partial charge in [0.1, 0.15) is 5.75 Å². The molecule has 0 aromatic heterocycles. The fourth-order valence-corrected chi connectivity index (χ4v) is 2.98. The van der Waals surface area contributed by atoms with E-state index in [2.05, 4.69) is 22.8 Å². The second kappa shape index (κ2) is 7.64. The zero-order valence-corrected chi connectivity index (χ0v) is 13.0. The molecule has 1 aliphatic rings. The molecule has 5 heteroatoms. The van der Waals surface area contributed by atoms with E-state index in [0.29, 0.717) is 0 Å². The van der Waals surface area contributed by atoms with Crippen LogP contribution in [-0.4, -0.2) is 62.0 Å². The van der Waals surface area contributed by atoms with Gasteiger partial charge >= 0.3 is 0 Å². The van der Waals surface area contributed by atoms with Gasteiger partial charge in [-0.2, -0.15) is 0 Å². The summed E-state index contributed by atoms with van der Waals surface area (Å²) in [6.07, 6.45) is 0.887. The van der Waals surface area contributed by atoms with Crippen LogP contribution in [0, 0.1) is 0 Å². The third-order valence-corrected chi connectivity index (χ3v) is 4.36. The van der Waals surface area contributed by atoms with Gasteiger partial charge in [0, 0.05) is 38.3 Å². The molecular weight excluding hydrogens is 266 g/mol. The number of hydrogen-bond acceptors (Lipinski definition) is 5. The minimum Gasteiger partial charge on any atom is -0.495 e. The molecule has 2 unspecified atom stereocenters. The minimum atomic E-state index is 0.0350. The number of methoxy groups -OCH3 is 1. The van der Waals surface area contributed by atoms with E-state index in [-0.39, 0.29) is 18.7 Å². The highest BCUT2D eigenvalue weighted by Crippen LogP contribution is 2.28. The van der Waals surface area contributed by atoms with E-state index >= 15 is 0 Å². The summed E-state index contributed by atoms with van der Waals surface area (Å²) in [5.41, 5.74) is 7.25. The standard InChI is InChI=1S/C16H27N3O2/c1-3-13(17)15(12-20)19-10-8-18(9-11-19)14-6-4-5-7-16(14)21-2/h4-7,13,15,20H,3,8-12,17H2,1-2H3. The first-order valence-electron chi connectivity index (χ1n) is 7.69. The molecule has 1 heterocycles. The van der Waals surface area contributed by atoms with Crippen molar-refractivity contribution in [2.24, 2.45) is 5.73 Å². The van der Waals surface area contributed by atoms with Crippen LogP contribution in [0.3, 0.4) is 0 Å². The number of nitrogens with two attached hydrogens (primary N) is 1. The van der Waals surface area contributed by atoms with Gasteiger partial charge in [0.15, 0.2) is 0 Å². The van der Waals surface area contributed by atoms with E-state index in [1.54, 1.807) is 7.11 Å². The largest absolute Gasteiger partial charge is 0.495 e. The van der Waals surface area contributed by atoms with Crippen LogP contribution < -0.4 is 15.4 Å². The number of ether oxygens (including phenoxy) is 1. The summed E-state index contributed by atoms with van der Waals surface area (Å²) in [7, 11) is 1.71. The Hall–Kier alpha value is -1.30. The van der Waals surface area contributed by atoms with Crippen molar-refractivity contribution < 1.29 is 9.84 Å². The minimum absolute atomic E-state index is 0.0350. The molecule has 0 bridgehead atoms. The molecule has 1 aromatic carbocycles. The van der Waals surface area contributed by atoms with Crippen LogP contribution >= 0.6 is 0 Å². The summed E-state index contributed by atoms with van der Waals surface area (Å²) >= 11 is 0. The van der Waals surface area contributed by atoms with Crippen molar-refractivity contribution in [3.05, 3.63) is 24.3 Å². The molecule has 3 N–H and O–H groups in total. The molecule has 2 rings (SSSR count). The first-order chi connectivity index (χ1) is 10.2. The average Bonchev–Trinajstić information content (AvgIpc) is 2.56. The predicted molar refractivity (Wildman–Crippen MR) is 85.9 cm³/mol. The van der Waals surface area contributed by atoms with Crippen molar-refractivity contribution in [1.29, 1.82) is 0 Å². The van der Waals surface area contributed by atoms with Crippen molar-refractivity contribution in [3.8, 4) is 5.75 Å². The lowest BCUT2D eigenvalue weighted by atomic mass is 10.0. The number of para-hydroxylation sites is 2. The summed E-state index contributed by atoms with van der Waals surface area (Å²) in [4.78, 5) is 4.64. The maximum atomic E-state index is 9.59. The zero-order valence-electron chi connectivity index (χ0n) is 13.0. The van der Waals surface area contributed by atoms with Gasteiger partial charge in [0.05, 0.1) is 19.4 Å². The van der Waals surface area contributed by atoms with E-state index in [0.717, 1.165) is 44.0 Å². The number of rotatable bonds is 6. The number of benzene rings is 1. The highest BCUT2D eigenvalue weighted by Gasteiger charge is 2.27. The quantitative estimate of drug-likeness (QED) is 0.816. The van der Waals surface area contributed by atoms with E-state index in [4.69, 9.17) is 10.5 Å². The fraction of sp³-hybridized carbons (Fsp3) is 0.625. The molecule has 5 nitrogen and oxygen atoms in total. The molecule has 0 aliphatic carbocycles. The van der Waals surface area contributed by atoms with Crippen molar-refractivity contribution in [2.75, 3.05) is 44.8 Å². The Morgan fingerprint density at radius 2 is 1.90 bits per heavy atom. The summed E-state index contributed by atoms with van der Waals surface area (Å²) in [6.45, 7) is 5.87. The maximum Gasteiger partial charge on any atom is 0.142 e. The second-order valence-electron chi connectivity index (χ2n) is 5.52. The molecule has 0 spiro atoms. The van der Waals surface area contributed by atoms with Crippen LogP contribution in [0.1, 0.15) is 13.3 Å². The van der Waals surface area contributed by atoms with Gasteiger partial charge in [-0.05, 0) is 18.6 Å². The van der Waals surface area contributed by atoms with E-state index in [9.17, 15) is 5.11 Å². The average molecular weight is 293 g/mol. The lowest BCUT2D eigenvalue weighted by molar-refractivity contribution is 0.0972. The van der Waals surface area contributed by atoms with Gasteiger partial charge in [-0.3, -0.25) is 4.90 Å². The number of aliphatic hydroxyl groups excluding tert-OH is 1. The van der Waals surface area contributed by atoms with E-state index in [1.807, 2.05) is 18.2 Å². The first-order valence-corrected chi connectivity index (χ1v) is 7.69. The summed E-state index contributed by atoms with van der Waals surface area (Å²) < 4.78 is 5.43. The summed E-state index contributed by atoms with van der Waals surface area (Å²) in [5, 5.41) is 9.59. The predicted octanol–water partition coefficient (Wildman–Crippen LogP) is 0.915. The van der Waals surface area contributed by atoms with Crippen molar-refractivity contribution in [3.63, 3.8) is 0 Å². The number of nitrogens with zero attached hydrogens (tertiary/aromatic N) is 2. The molecular formula is C16H27N3O2. The number of anilines is 1. The third kappa shape index (κ3) is 3.67. The lowest BCUT2D eigenvalue weighted by Crippen LogP contribution is -2.57. The van der Waals surface area contributed by atoms with Crippen LogP contribution in [0.15, 0.2) is 24.3 Å². The molecule has 0 amide bonds. The summed E-state index contributed by atoms with van der Waals surface area (Å²) in [5.74, 6) is 0.912. The number of piperazine rings is 1. The molecule has 1 aromatic rings. The Labute approximate surface area is 127 Å². The maximum absolute atomic E-state index is 9.59. The van der Waals surface area contributed by atoms with Crippen LogP contribution in [0.2, 0.25) is 0 Å². The lowest BCUT2D eigenvalue weighted by Gasteiger charge is -2.41. The van der Waals surface area contributed by atoms with Gasteiger partial charge in [-0.1, -0.05) is 19.1 Å². The molecule has 2 atom stereocenters. The topological polar surface area (TPSA) is 62.0 Å². The zero-order chi connectivity index (χ0) is 15.2. The van der Waals surface area contributed by atoms with Crippen LogP contribution in [0.5, 0.6) is 5.75 Å². The Kier molecular flexibility index (Phi) is 5.85. The molecule has 0 saturated carbocycles. The van der Waals surface area contributed by atoms with Gasteiger partial charge in [-0.25, -0.2) is 0 Å². The van der Waals surface area contributed by atoms with Crippen molar-refractivity contribution >= 4 is 5.69 Å². The normalized spacial score (nSPS) is 19.3. The van der Waals surface area contributed by atoms with Crippen LogP contribution in [0.4, 0.5) is 5.69 Å². The highest BCUT2D eigenvalue weighted by molar-refractivity contribution is 5.58. The fourth-order valence-electron chi connectivity index (χ4n) is 2.98. The van der Waals surface area contributed by atoms with Gasteiger partial charge in [-0.15, -0.1) is 0 Å². The summed E-state index contributed by atoms with van der Waals surface area (Å²) in [6, 6.07) is 8.21. The van der Waals surface area contributed by atoms with Crippen LogP contribution in [0.25, 0.3) is 0 Å². The molecule has 1 fully saturated rings. The third-order valence-electron chi connectivity index (χ3n) is 4.36. The Morgan fingerprint density at radius 3 is 2.48 bits per heavy atom. The number of hydrogen-bond donors (Lipinski definition) is 2. The second-order valence-corrected chi connectivity index (χ2v) is 5.52.